The number of rotatable bonds is 18. The van der Waals surface area contributed by atoms with Gasteiger partial charge in [0.05, 0.1) is 5.30 Å². The molecule has 0 fully saturated rings. The standard InChI is InChI=1S/C30H47O3P/c1-3-5-7-9-11-13-15-17-26-19-22-28(23-20-26)29-25-27(21-24-30(29)34(31,32)33)18-16-14-12-10-8-6-4-2/h19-25H,3-18H2,1-2H3,(H2,31,32,33). The Balaban J connectivity index is 1.96. The Morgan fingerprint density at radius 1 is 0.588 bits per heavy atom. The summed E-state index contributed by atoms with van der Waals surface area (Å²) in [6, 6.07) is 13.8. The van der Waals surface area contributed by atoms with E-state index in [-0.39, 0.29) is 5.30 Å². The summed E-state index contributed by atoms with van der Waals surface area (Å²) in [5.74, 6) is 0. The summed E-state index contributed by atoms with van der Waals surface area (Å²) in [6.07, 6.45) is 20.0. The lowest BCUT2D eigenvalue weighted by molar-refractivity contribution is 0.387. The first-order chi connectivity index (χ1) is 16.5. The summed E-state index contributed by atoms with van der Waals surface area (Å²) in [5.41, 5.74) is 4.03. The van der Waals surface area contributed by atoms with Gasteiger partial charge in [0, 0.05) is 0 Å². The van der Waals surface area contributed by atoms with Crippen molar-refractivity contribution in [3.63, 3.8) is 0 Å². The molecule has 0 spiro atoms. The van der Waals surface area contributed by atoms with Crippen LogP contribution in [0.3, 0.4) is 0 Å². The van der Waals surface area contributed by atoms with E-state index in [1.807, 2.05) is 24.3 Å². The highest BCUT2D eigenvalue weighted by molar-refractivity contribution is 7.60. The highest BCUT2D eigenvalue weighted by Crippen LogP contribution is 2.38. The van der Waals surface area contributed by atoms with E-state index < -0.39 is 7.60 Å². The Hall–Kier alpha value is -1.41. The zero-order valence-electron chi connectivity index (χ0n) is 21.6. The van der Waals surface area contributed by atoms with Gasteiger partial charge in [0.1, 0.15) is 0 Å². The number of benzene rings is 2. The lowest BCUT2D eigenvalue weighted by Crippen LogP contribution is -2.09. The largest absolute Gasteiger partial charge is 0.356 e. The average Bonchev–Trinajstić information content (AvgIpc) is 2.82. The molecule has 0 unspecified atom stereocenters. The lowest BCUT2D eigenvalue weighted by atomic mass is 9.97. The van der Waals surface area contributed by atoms with Crippen molar-refractivity contribution >= 4 is 12.9 Å². The maximum absolute atomic E-state index is 12.2. The van der Waals surface area contributed by atoms with Crippen molar-refractivity contribution < 1.29 is 14.4 Å². The molecule has 0 amide bonds. The Morgan fingerprint density at radius 3 is 1.53 bits per heavy atom. The molecule has 34 heavy (non-hydrogen) atoms. The monoisotopic (exact) mass is 486 g/mol. The first-order valence-electron chi connectivity index (χ1n) is 13.7. The minimum absolute atomic E-state index is 0.135. The fourth-order valence-corrected chi connectivity index (χ4v) is 5.42. The Bertz CT molecular complexity index is 854. The Morgan fingerprint density at radius 2 is 1.03 bits per heavy atom. The molecular weight excluding hydrogens is 439 g/mol. The van der Waals surface area contributed by atoms with Gasteiger partial charge in [-0.2, -0.15) is 0 Å². The molecule has 0 aliphatic rings. The van der Waals surface area contributed by atoms with Gasteiger partial charge in [-0.15, -0.1) is 0 Å². The van der Waals surface area contributed by atoms with Gasteiger partial charge in [-0.1, -0.05) is 127 Å². The number of unbranched alkanes of at least 4 members (excludes halogenated alkanes) is 12. The third-order valence-electron chi connectivity index (χ3n) is 6.78. The van der Waals surface area contributed by atoms with Crippen LogP contribution < -0.4 is 5.30 Å². The molecule has 2 rings (SSSR count). The van der Waals surface area contributed by atoms with Crippen LogP contribution in [0.15, 0.2) is 42.5 Å². The van der Waals surface area contributed by atoms with Gasteiger partial charge in [0.15, 0.2) is 0 Å². The van der Waals surface area contributed by atoms with Crippen LogP contribution in [-0.2, 0) is 17.4 Å². The summed E-state index contributed by atoms with van der Waals surface area (Å²) < 4.78 is 12.2. The van der Waals surface area contributed by atoms with Crippen molar-refractivity contribution in [1.29, 1.82) is 0 Å². The topological polar surface area (TPSA) is 57.5 Å². The normalized spacial score (nSPS) is 11.8. The summed E-state index contributed by atoms with van der Waals surface area (Å²) >= 11 is 0. The predicted molar refractivity (Wildman–Crippen MR) is 147 cm³/mol. The van der Waals surface area contributed by atoms with Crippen LogP contribution in [0.4, 0.5) is 0 Å². The van der Waals surface area contributed by atoms with Crippen LogP contribution in [0.5, 0.6) is 0 Å². The minimum atomic E-state index is -4.33. The van der Waals surface area contributed by atoms with Crippen molar-refractivity contribution in [2.75, 3.05) is 0 Å². The van der Waals surface area contributed by atoms with E-state index in [2.05, 4.69) is 26.0 Å². The maximum atomic E-state index is 12.2. The third kappa shape index (κ3) is 10.9. The zero-order chi connectivity index (χ0) is 24.7. The van der Waals surface area contributed by atoms with E-state index in [4.69, 9.17) is 0 Å². The number of aryl methyl sites for hydroxylation is 2. The quantitative estimate of drug-likeness (QED) is 0.164. The summed E-state index contributed by atoms with van der Waals surface area (Å²) in [4.78, 5) is 19.9. The highest BCUT2D eigenvalue weighted by Gasteiger charge is 2.22. The minimum Gasteiger partial charge on any atom is -0.321 e. The van der Waals surface area contributed by atoms with Gasteiger partial charge in [-0.25, -0.2) is 0 Å². The molecule has 3 nitrogen and oxygen atoms in total. The van der Waals surface area contributed by atoms with Crippen molar-refractivity contribution in [2.45, 2.75) is 117 Å². The summed E-state index contributed by atoms with van der Waals surface area (Å²) in [6.45, 7) is 4.49. The molecule has 0 bridgehead atoms. The van der Waals surface area contributed by atoms with Gasteiger partial charge in [-0.3, -0.25) is 4.57 Å². The molecule has 0 heterocycles. The van der Waals surface area contributed by atoms with E-state index in [0.717, 1.165) is 30.4 Å². The molecule has 0 aromatic heterocycles. The third-order valence-corrected chi connectivity index (χ3v) is 7.80. The maximum Gasteiger partial charge on any atom is 0.356 e. The van der Waals surface area contributed by atoms with E-state index in [9.17, 15) is 14.4 Å². The van der Waals surface area contributed by atoms with Crippen molar-refractivity contribution in [2.24, 2.45) is 0 Å². The van der Waals surface area contributed by atoms with Crippen molar-refractivity contribution in [3.8, 4) is 11.1 Å². The molecule has 0 atom stereocenters. The van der Waals surface area contributed by atoms with Gasteiger partial charge in [0.2, 0.25) is 0 Å². The molecule has 0 radical (unpaired) electrons. The Kier molecular flexibility index (Phi) is 13.8. The van der Waals surface area contributed by atoms with Crippen LogP contribution in [0.25, 0.3) is 11.1 Å². The fraction of sp³-hybridized carbons (Fsp3) is 0.600. The molecule has 190 valence electrons. The van der Waals surface area contributed by atoms with Crippen LogP contribution in [0.2, 0.25) is 0 Å². The van der Waals surface area contributed by atoms with Gasteiger partial charge in [-0.05, 0) is 54.0 Å². The summed E-state index contributed by atoms with van der Waals surface area (Å²) in [5, 5.41) is 0.135. The van der Waals surface area contributed by atoms with Gasteiger partial charge in [0.25, 0.3) is 0 Å². The average molecular weight is 487 g/mol. The molecule has 2 aromatic carbocycles. The molecule has 2 N–H and O–H groups in total. The van der Waals surface area contributed by atoms with Crippen molar-refractivity contribution in [1.82, 2.24) is 0 Å². The molecule has 4 heteroatoms. The summed E-state index contributed by atoms with van der Waals surface area (Å²) in [7, 11) is -4.33. The first kappa shape index (κ1) is 28.8. The molecular formula is C30H47O3P. The lowest BCUT2D eigenvalue weighted by Gasteiger charge is -2.14. The van der Waals surface area contributed by atoms with Crippen LogP contribution >= 0.6 is 7.60 Å². The van der Waals surface area contributed by atoms with Crippen molar-refractivity contribution in [3.05, 3.63) is 53.6 Å². The second-order valence-electron chi connectivity index (χ2n) is 9.84. The van der Waals surface area contributed by atoms with Gasteiger partial charge < -0.3 is 9.79 Å². The van der Waals surface area contributed by atoms with E-state index in [1.54, 1.807) is 6.07 Å². The highest BCUT2D eigenvalue weighted by atomic mass is 31.2. The molecule has 2 aromatic rings. The van der Waals surface area contributed by atoms with Crippen LogP contribution in [0, 0.1) is 0 Å². The van der Waals surface area contributed by atoms with Gasteiger partial charge >= 0.3 is 7.60 Å². The van der Waals surface area contributed by atoms with Crippen LogP contribution in [-0.4, -0.2) is 9.79 Å². The molecule has 0 saturated heterocycles. The number of hydrogen-bond acceptors (Lipinski definition) is 1. The molecule has 0 saturated carbocycles. The second kappa shape index (κ2) is 16.3. The second-order valence-corrected chi connectivity index (χ2v) is 11.4. The van der Waals surface area contributed by atoms with E-state index in [1.165, 1.54) is 89.0 Å². The fourth-order valence-electron chi connectivity index (χ4n) is 4.65. The predicted octanol–water partition coefficient (Wildman–Crippen LogP) is 8.74. The smallest absolute Gasteiger partial charge is 0.321 e. The Labute approximate surface area is 208 Å². The zero-order valence-corrected chi connectivity index (χ0v) is 22.5. The SMILES string of the molecule is CCCCCCCCCc1ccc(-c2cc(CCCCCCCCC)ccc2P(=O)(O)O)cc1. The molecule has 0 aliphatic heterocycles. The van der Waals surface area contributed by atoms with Crippen LogP contribution in [0.1, 0.15) is 115 Å². The molecule has 0 aliphatic carbocycles. The first-order valence-corrected chi connectivity index (χ1v) is 15.3. The number of hydrogen-bond donors (Lipinski definition) is 2. The van der Waals surface area contributed by atoms with E-state index >= 15 is 0 Å². The van der Waals surface area contributed by atoms with E-state index in [0.29, 0.717) is 5.56 Å².